The summed E-state index contributed by atoms with van der Waals surface area (Å²) in [5.74, 6) is -0.217. The van der Waals surface area contributed by atoms with E-state index in [1.807, 2.05) is 0 Å². The molecule has 0 atom stereocenters. The molecule has 0 bridgehead atoms. The SMILES string of the molecule is COc1cccc(S(=O)(=O)Nc2ccccc2F)c1. The van der Waals surface area contributed by atoms with Gasteiger partial charge in [0.25, 0.3) is 10.0 Å². The van der Waals surface area contributed by atoms with Crippen LogP contribution in [0.25, 0.3) is 0 Å². The van der Waals surface area contributed by atoms with Crippen LogP contribution in [-0.4, -0.2) is 15.5 Å². The molecule has 0 radical (unpaired) electrons. The van der Waals surface area contributed by atoms with Gasteiger partial charge in [-0.05, 0) is 24.3 Å². The maximum Gasteiger partial charge on any atom is 0.262 e. The molecule has 4 nitrogen and oxygen atoms in total. The van der Waals surface area contributed by atoms with Gasteiger partial charge in [-0.25, -0.2) is 12.8 Å². The minimum absolute atomic E-state index is 0.00935. The maximum atomic E-state index is 13.4. The molecular weight excluding hydrogens is 269 g/mol. The van der Waals surface area contributed by atoms with Crippen molar-refractivity contribution in [1.82, 2.24) is 0 Å². The quantitative estimate of drug-likeness (QED) is 0.937. The van der Waals surface area contributed by atoms with E-state index in [2.05, 4.69) is 4.72 Å². The van der Waals surface area contributed by atoms with E-state index in [1.54, 1.807) is 18.2 Å². The number of halogens is 1. The molecule has 0 fully saturated rings. The lowest BCUT2D eigenvalue weighted by Crippen LogP contribution is -2.13. The van der Waals surface area contributed by atoms with Crippen LogP contribution in [0.2, 0.25) is 0 Å². The van der Waals surface area contributed by atoms with E-state index < -0.39 is 15.8 Å². The maximum absolute atomic E-state index is 13.4. The predicted molar refractivity (Wildman–Crippen MR) is 70.2 cm³/mol. The Balaban J connectivity index is 2.35. The largest absolute Gasteiger partial charge is 0.497 e. The molecule has 6 heteroatoms. The fourth-order valence-corrected chi connectivity index (χ4v) is 2.62. The Morgan fingerprint density at radius 3 is 2.53 bits per heavy atom. The number of hydrogen-bond acceptors (Lipinski definition) is 3. The van der Waals surface area contributed by atoms with Gasteiger partial charge < -0.3 is 4.74 Å². The average Bonchev–Trinajstić information content (AvgIpc) is 2.41. The summed E-state index contributed by atoms with van der Waals surface area (Å²) >= 11 is 0. The minimum atomic E-state index is -3.84. The van der Waals surface area contributed by atoms with Crippen LogP contribution in [0.3, 0.4) is 0 Å². The van der Waals surface area contributed by atoms with Crippen molar-refractivity contribution in [3.8, 4) is 5.75 Å². The van der Waals surface area contributed by atoms with E-state index >= 15 is 0 Å². The molecule has 100 valence electrons. The smallest absolute Gasteiger partial charge is 0.262 e. The van der Waals surface area contributed by atoms with Crippen molar-refractivity contribution < 1.29 is 17.5 Å². The monoisotopic (exact) mass is 281 g/mol. The van der Waals surface area contributed by atoms with Crippen molar-refractivity contribution in [2.45, 2.75) is 4.90 Å². The van der Waals surface area contributed by atoms with Crippen LogP contribution < -0.4 is 9.46 Å². The summed E-state index contributed by atoms with van der Waals surface area (Å²) in [6, 6.07) is 11.5. The fraction of sp³-hybridized carbons (Fsp3) is 0.0769. The van der Waals surface area contributed by atoms with Crippen LogP contribution in [0.5, 0.6) is 5.75 Å². The molecule has 2 rings (SSSR count). The van der Waals surface area contributed by atoms with Gasteiger partial charge in [0.2, 0.25) is 0 Å². The molecule has 0 saturated carbocycles. The molecule has 0 saturated heterocycles. The highest BCUT2D eigenvalue weighted by molar-refractivity contribution is 7.92. The number of rotatable bonds is 4. The van der Waals surface area contributed by atoms with E-state index in [4.69, 9.17) is 4.74 Å². The normalized spacial score (nSPS) is 11.1. The van der Waals surface area contributed by atoms with Gasteiger partial charge >= 0.3 is 0 Å². The number of benzene rings is 2. The summed E-state index contributed by atoms with van der Waals surface area (Å²) in [6.45, 7) is 0. The minimum Gasteiger partial charge on any atom is -0.497 e. The number of sulfonamides is 1. The average molecular weight is 281 g/mol. The van der Waals surface area contributed by atoms with Gasteiger partial charge in [0.05, 0.1) is 17.7 Å². The lowest BCUT2D eigenvalue weighted by Gasteiger charge is -2.09. The second-order valence-corrected chi connectivity index (χ2v) is 5.45. The molecule has 1 N–H and O–H groups in total. The molecule has 19 heavy (non-hydrogen) atoms. The van der Waals surface area contributed by atoms with Crippen LogP contribution >= 0.6 is 0 Å². The third kappa shape index (κ3) is 3.03. The van der Waals surface area contributed by atoms with Crippen molar-refractivity contribution >= 4 is 15.7 Å². The van der Waals surface area contributed by atoms with Crippen LogP contribution in [0.15, 0.2) is 53.4 Å². The Bertz CT molecular complexity index is 686. The zero-order chi connectivity index (χ0) is 13.9. The van der Waals surface area contributed by atoms with Gasteiger partial charge in [-0.2, -0.15) is 0 Å². The zero-order valence-electron chi connectivity index (χ0n) is 10.1. The number of anilines is 1. The first-order valence-electron chi connectivity index (χ1n) is 5.44. The molecule has 0 amide bonds. The van der Waals surface area contributed by atoms with Crippen molar-refractivity contribution in [2.24, 2.45) is 0 Å². The Kier molecular flexibility index (Phi) is 3.71. The summed E-state index contributed by atoms with van der Waals surface area (Å²) in [5, 5.41) is 0. The molecule has 0 aliphatic heterocycles. The van der Waals surface area contributed by atoms with Crippen LogP contribution in [0.1, 0.15) is 0 Å². The van der Waals surface area contributed by atoms with Crippen molar-refractivity contribution in [3.05, 3.63) is 54.3 Å². The van der Waals surface area contributed by atoms with Gasteiger partial charge in [0, 0.05) is 6.07 Å². The summed E-state index contributed by atoms with van der Waals surface area (Å²) < 4.78 is 44.8. The second-order valence-electron chi connectivity index (χ2n) is 3.76. The predicted octanol–water partition coefficient (Wildman–Crippen LogP) is 2.64. The lowest BCUT2D eigenvalue weighted by atomic mass is 10.3. The lowest BCUT2D eigenvalue weighted by molar-refractivity contribution is 0.413. The van der Waals surface area contributed by atoms with Crippen molar-refractivity contribution in [3.63, 3.8) is 0 Å². The summed E-state index contributed by atoms with van der Waals surface area (Å²) in [7, 11) is -2.40. The second kappa shape index (κ2) is 5.27. The Morgan fingerprint density at radius 1 is 1.11 bits per heavy atom. The Labute approximate surface area is 110 Å². The molecule has 0 aromatic heterocycles. The van der Waals surface area contributed by atoms with E-state index in [9.17, 15) is 12.8 Å². The summed E-state index contributed by atoms with van der Waals surface area (Å²) in [5.41, 5.74) is -0.0923. The topological polar surface area (TPSA) is 55.4 Å². The Hall–Kier alpha value is -2.08. The summed E-state index contributed by atoms with van der Waals surface area (Å²) in [4.78, 5) is 0.00935. The first-order valence-corrected chi connectivity index (χ1v) is 6.92. The first-order chi connectivity index (χ1) is 9.03. The number of ether oxygens (including phenoxy) is 1. The van der Waals surface area contributed by atoms with Crippen LogP contribution in [-0.2, 0) is 10.0 Å². The molecule has 0 spiro atoms. The Morgan fingerprint density at radius 2 is 1.84 bits per heavy atom. The van der Waals surface area contributed by atoms with E-state index in [-0.39, 0.29) is 10.6 Å². The molecule has 0 unspecified atom stereocenters. The molecule has 0 heterocycles. The third-order valence-electron chi connectivity index (χ3n) is 2.47. The van der Waals surface area contributed by atoms with Crippen molar-refractivity contribution in [1.29, 1.82) is 0 Å². The molecule has 0 aliphatic carbocycles. The highest BCUT2D eigenvalue weighted by Crippen LogP contribution is 2.21. The van der Waals surface area contributed by atoms with Gasteiger partial charge in [0.1, 0.15) is 11.6 Å². The highest BCUT2D eigenvalue weighted by atomic mass is 32.2. The zero-order valence-corrected chi connectivity index (χ0v) is 10.9. The van der Waals surface area contributed by atoms with Gasteiger partial charge in [0.15, 0.2) is 0 Å². The first kappa shape index (κ1) is 13.4. The number of methoxy groups -OCH3 is 1. The number of hydrogen-bond donors (Lipinski definition) is 1. The fourth-order valence-electron chi connectivity index (χ4n) is 1.52. The van der Waals surface area contributed by atoms with Crippen LogP contribution in [0.4, 0.5) is 10.1 Å². The number of para-hydroxylation sites is 1. The van der Waals surface area contributed by atoms with Crippen molar-refractivity contribution in [2.75, 3.05) is 11.8 Å². The molecular formula is C13H12FNO3S. The van der Waals surface area contributed by atoms with Gasteiger partial charge in [-0.15, -0.1) is 0 Å². The van der Waals surface area contributed by atoms with E-state index in [0.29, 0.717) is 5.75 Å². The standard InChI is InChI=1S/C13H12FNO3S/c1-18-10-5-4-6-11(9-10)19(16,17)15-13-8-3-2-7-12(13)14/h2-9,15H,1H3. The number of nitrogens with one attached hydrogen (secondary N) is 1. The van der Waals surface area contributed by atoms with Gasteiger partial charge in [-0.1, -0.05) is 18.2 Å². The highest BCUT2D eigenvalue weighted by Gasteiger charge is 2.16. The molecule has 2 aromatic rings. The molecule has 0 aliphatic rings. The molecule has 2 aromatic carbocycles. The van der Waals surface area contributed by atoms with Crippen LogP contribution in [0, 0.1) is 5.82 Å². The summed E-state index contributed by atoms with van der Waals surface area (Å²) in [6.07, 6.45) is 0. The van der Waals surface area contributed by atoms with Gasteiger partial charge in [-0.3, -0.25) is 4.72 Å². The van der Waals surface area contributed by atoms with E-state index in [0.717, 1.165) is 0 Å². The third-order valence-corrected chi connectivity index (χ3v) is 3.83. The van der Waals surface area contributed by atoms with E-state index in [1.165, 1.54) is 37.4 Å².